The van der Waals surface area contributed by atoms with Crippen LogP contribution in [0.1, 0.15) is 13.8 Å². The zero-order chi connectivity index (χ0) is 15.4. The average Bonchev–Trinajstić information content (AvgIpc) is 2.47. The Hall–Kier alpha value is -1.75. The summed E-state index contributed by atoms with van der Waals surface area (Å²) in [6.45, 7) is 6.79. The molecular formula is C15H20ClN3O2. The molecule has 114 valence electrons. The summed E-state index contributed by atoms with van der Waals surface area (Å²) < 4.78 is 0. The van der Waals surface area contributed by atoms with Gasteiger partial charge in [0.25, 0.3) is 0 Å². The Labute approximate surface area is 129 Å². The molecule has 0 unspecified atom stereocenters. The Balaban J connectivity index is 2.02. The number of halogens is 1. The third-order valence-corrected chi connectivity index (χ3v) is 3.90. The lowest BCUT2D eigenvalue weighted by molar-refractivity contribution is -0.134. The SMILES string of the molecule is CC(C)C(=O)N1CCN(c2ccc(NC=O)cc2Cl)CC1. The lowest BCUT2D eigenvalue weighted by Crippen LogP contribution is -2.50. The lowest BCUT2D eigenvalue weighted by atomic mass is 10.1. The fraction of sp³-hybridized carbons (Fsp3) is 0.467. The van der Waals surface area contributed by atoms with E-state index in [0.29, 0.717) is 30.2 Å². The molecule has 21 heavy (non-hydrogen) atoms. The molecule has 1 aliphatic heterocycles. The molecule has 1 aromatic carbocycles. The highest BCUT2D eigenvalue weighted by molar-refractivity contribution is 6.33. The number of hydrogen-bond donors (Lipinski definition) is 1. The van der Waals surface area contributed by atoms with Gasteiger partial charge in [0.05, 0.1) is 10.7 Å². The van der Waals surface area contributed by atoms with Crippen molar-refractivity contribution in [3.8, 4) is 0 Å². The summed E-state index contributed by atoms with van der Waals surface area (Å²) in [5.74, 6) is 0.236. The number of anilines is 2. The average molecular weight is 310 g/mol. The first-order chi connectivity index (χ1) is 10.0. The van der Waals surface area contributed by atoms with E-state index in [-0.39, 0.29) is 11.8 Å². The van der Waals surface area contributed by atoms with Gasteiger partial charge >= 0.3 is 0 Å². The van der Waals surface area contributed by atoms with Gasteiger partial charge in [-0.1, -0.05) is 25.4 Å². The summed E-state index contributed by atoms with van der Waals surface area (Å²) in [6, 6.07) is 5.45. The van der Waals surface area contributed by atoms with E-state index < -0.39 is 0 Å². The number of carbonyl (C=O) groups is 2. The van der Waals surface area contributed by atoms with Crippen LogP contribution in [0.15, 0.2) is 18.2 Å². The lowest BCUT2D eigenvalue weighted by Gasteiger charge is -2.37. The summed E-state index contributed by atoms with van der Waals surface area (Å²) in [5, 5.41) is 3.18. The molecule has 5 nitrogen and oxygen atoms in total. The van der Waals surface area contributed by atoms with Crippen molar-refractivity contribution in [3.63, 3.8) is 0 Å². The van der Waals surface area contributed by atoms with Crippen LogP contribution in [0.3, 0.4) is 0 Å². The van der Waals surface area contributed by atoms with E-state index in [1.165, 1.54) is 0 Å². The quantitative estimate of drug-likeness (QED) is 0.868. The molecule has 6 heteroatoms. The second kappa shape index (κ2) is 6.80. The predicted octanol–water partition coefficient (Wildman–Crippen LogP) is 2.21. The highest BCUT2D eigenvalue weighted by atomic mass is 35.5. The Kier molecular flexibility index (Phi) is 5.07. The standard InChI is InChI=1S/C15H20ClN3O2/c1-11(2)15(21)19-7-5-18(6-8-19)14-4-3-12(17-10-20)9-13(14)16/h3-4,9-11H,5-8H2,1-2H3,(H,17,20). The second-order valence-corrected chi connectivity index (χ2v) is 5.80. The molecule has 0 aliphatic carbocycles. The van der Waals surface area contributed by atoms with Crippen LogP contribution in [0.2, 0.25) is 5.02 Å². The fourth-order valence-corrected chi connectivity index (χ4v) is 2.75. The molecule has 1 aromatic rings. The van der Waals surface area contributed by atoms with Crippen LogP contribution in [0, 0.1) is 5.92 Å². The van der Waals surface area contributed by atoms with Crippen molar-refractivity contribution in [2.24, 2.45) is 5.92 Å². The molecular weight excluding hydrogens is 290 g/mol. The number of rotatable bonds is 4. The van der Waals surface area contributed by atoms with Crippen LogP contribution >= 0.6 is 11.6 Å². The first-order valence-corrected chi connectivity index (χ1v) is 7.44. The molecule has 2 rings (SSSR count). The number of benzene rings is 1. The summed E-state index contributed by atoms with van der Waals surface area (Å²) in [5.41, 5.74) is 1.61. The fourth-order valence-electron chi connectivity index (χ4n) is 2.45. The summed E-state index contributed by atoms with van der Waals surface area (Å²) in [4.78, 5) is 26.5. The number of hydrogen-bond acceptors (Lipinski definition) is 3. The van der Waals surface area contributed by atoms with Crippen LogP contribution in [0.25, 0.3) is 0 Å². The Morgan fingerprint density at radius 1 is 1.29 bits per heavy atom. The number of piperazine rings is 1. The van der Waals surface area contributed by atoms with Gasteiger partial charge in [0, 0.05) is 37.8 Å². The first kappa shape index (κ1) is 15.6. The van der Waals surface area contributed by atoms with Gasteiger partial charge in [-0.25, -0.2) is 0 Å². The normalized spacial score (nSPS) is 15.2. The smallest absolute Gasteiger partial charge is 0.225 e. The Bertz CT molecular complexity index is 526. The third-order valence-electron chi connectivity index (χ3n) is 3.60. The van der Waals surface area contributed by atoms with Crippen molar-refractivity contribution in [3.05, 3.63) is 23.2 Å². The van der Waals surface area contributed by atoms with Crippen molar-refractivity contribution in [2.45, 2.75) is 13.8 Å². The van der Waals surface area contributed by atoms with Crippen molar-refractivity contribution >= 4 is 35.3 Å². The van der Waals surface area contributed by atoms with E-state index in [0.717, 1.165) is 18.8 Å². The van der Waals surface area contributed by atoms with Gasteiger partial charge in [-0.15, -0.1) is 0 Å². The van der Waals surface area contributed by atoms with Gasteiger partial charge < -0.3 is 15.1 Å². The Morgan fingerprint density at radius 2 is 1.95 bits per heavy atom. The topological polar surface area (TPSA) is 52.7 Å². The molecule has 1 fully saturated rings. The Morgan fingerprint density at radius 3 is 2.48 bits per heavy atom. The molecule has 1 saturated heterocycles. The van der Waals surface area contributed by atoms with E-state index in [1.807, 2.05) is 30.9 Å². The molecule has 0 bridgehead atoms. The number of carbonyl (C=O) groups excluding carboxylic acids is 2. The highest BCUT2D eigenvalue weighted by Gasteiger charge is 2.23. The van der Waals surface area contributed by atoms with Crippen LogP contribution in [-0.4, -0.2) is 43.4 Å². The van der Waals surface area contributed by atoms with E-state index in [2.05, 4.69) is 10.2 Å². The molecule has 2 amide bonds. The second-order valence-electron chi connectivity index (χ2n) is 5.40. The van der Waals surface area contributed by atoms with Gasteiger partial charge in [0.2, 0.25) is 12.3 Å². The summed E-state index contributed by atoms with van der Waals surface area (Å²) in [7, 11) is 0. The molecule has 1 heterocycles. The van der Waals surface area contributed by atoms with Crippen molar-refractivity contribution in [1.29, 1.82) is 0 Å². The van der Waals surface area contributed by atoms with Gasteiger partial charge in [-0.2, -0.15) is 0 Å². The maximum Gasteiger partial charge on any atom is 0.225 e. The molecule has 1 aliphatic rings. The number of nitrogens with zero attached hydrogens (tertiary/aromatic N) is 2. The van der Waals surface area contributed by atoms with Crippen LogP contribution in [0.5, 0.6) is 0 Å². The van der Waals surface area contributed by atoms with E-state index in [9.17, 15) is 9.59 Å². The molecule has 1 N–H and O–H groups in total. The number of nitrogens with one attached hydrogen (secondary N) is 1. The zero-order valence-electron chi connectivity index (χ0n) is 12.3. The van der Waals surface area contributed by atoms with Crippen molar-refractivity contribution < 1.29 is 9.59 Å². The minimum atomic E-state index is 0.0360. The van der Waals surface area contributed by atoms with Crippen LogP contribution < -0.4 is 10.2 Å². The van der Waals surface area contributed by atoms with Gasteiger partial charge in [-0.05, 0) is 18.2 Å². The minimum absolute atomic E-state index is 0.0360. The molecule has 0 saturated carbocycles. The van der Waals surface area contributed by atoms with Gasteiger partial charge in [-0.3, -0.25) is 9.59 Å². The van der Waals surface area contributed by atoms with Crippen LogP contribution in [-0.2, 0) is 9.59 Å². The van der Waals surface area contributed by atoms with Gasteiger partial charge in [0.1, 0.15) is 0 Å². The maximum atomic E-state index is 12.0. The highest BCUT2D eigenvalue weighted by Crippen LogP contribution is 2.29. The maximum absolute atomic E-state index is 12.0. The molecule has 0 spiro atoms. The summed E-state index contributed by atoms with van der Waals surface area (Å²) >= 11 is 6.27. The summed E-state index contributed by atoms with van der Waals surface area (Å²) in [6.07, 6.45) is 0.627. The van der Waals surface area contributed by atoms with Crippen molar-refractivity contribution in [2.75, 3.05) is 36.4 Å². The number of amides is 2. The predicted molar refractivity (Wildman–Crippen MR) is 84.8 cm³/mol. The van der Waals surface area contributed by atoms with Crippen LogP contribution in [0.4, 0.5) is 11.4 Å². The van der Waals surface area contributed by atoms with Crippen molar-refractivity contribution in [1.82, 2.24) is 4.90 Å². The van der Waals surface area contributed by atoms with E-state index in [1.54, 1.807) is 6.07 Å². The largest absolute Gasteiger partial charge is 0.367 e. The molecule has 0 aromatic heterocycles. The van der Waals surface area contributed by atoms with Gasteiger partial charge in [0.15, 0.2) is 0 Å². The minimum Gasteiger partial charge on any atom is -0.367 e. The third kappa shape index (κ3) is 3.67. The monoisotopic (exact) mass is 309 g/mol. The first-order valence-electron chi connectivity index (χ1n) is 7.06. The van der Waals surface area contributed by atoms with E-state index in [4.69, 9.17) is 11.6 Å². The van der Waals surface area contributed by atoms with E-state index >= 15 is 0 Å². The molecule has 0 radical (unpaired) electrons. The molecule has 0 atom stereocenters. The zero-order valence-corrected chi connectivity index (χ0v) is 13.1.